The van der Waals surface area contributed by atoms with Gasteiger partial charge in [-0.1, -0.05) is 0 Å². The van der Waals surface area contributed by atoms with E-state index in [2.05, 4.69) is 20.4 Å². The van der Waals surface area contributed by atoms with Gasteiger partial charge >= 0.3 is 0 Å². The minimum atomic E-state index is 0.640. The van der Waals surface area contributed by atoms with Gasteiger partial charge < -0.3 is 5.32 Å². The zero-order valence-electron chi connectivity index (χ0n) is 8.81. The highest BCUT2D eigenvalue weighted by Gasteiger charge is 2.02. The predicted octanol–water partition coefficient (Wildman–Crippen LogP) is 1.13. The highest BCUT2D eigenvalue weighted by Crippen LogP contribution is 2.06. The molecule has 0 fully saturated rings. The van der Waals surface area contributed by atoms with Gasteiger partial charge in [0.25, 0.3) is 0 Å². The first-order valence-electron chi connectivity index (χ1n) is 4.76. The van der Waals surface area contributed by atoms with Gasteiger partial charge in [0.1, 0.15) is 0 Å². The van der Waals surface area contributed by atoms with Gasteiger partial charge in [-0.15, -0.1) is 0 Å². The van der Waals surface area contributed by atoms with Gasteiger partial charge in [0, 0.05) is 37.7 Å². The monoisotopic (exact) mass is 203 g/mol. The van der Waals surface area contributed by atoms with Gasteiger partial charge in [-0.3, -0.25) is 4.68 Å². The number of aryl methyl sites for hydroxylation is 2. The largest absolute Gasteiger partial charge is 0.350 e. The lowest BCUT2D eigenvalue weighted by atomic mass is 10.3. The Balaban J connectivity index is 2.02. The number of anilines is 1. The van der Waals surface area contributed by atoms with E-state index in [4.69, 9.17) is 0 Å². The normalized spacial score (nSPS) is 10.3. The van der Waals surface area contributed by atoms with Crippen LogP contribution in [0.25, 0.3) is 0 Å². The van der Waals surface area contributed by atoms with Crippen molar-refractivity contribution < 1.29 is 0 Å². The fourth-order valence-electron chi connectivity index (χ4n) is 1.39. The van der Waals surface area contributed by atoms with Crippen LogP contribution in [0.15, 0.2) is 24.7 Å². The molecule has 0 saturated carbocycles. The molecule has 2 heterocycles. The van der Waals surface area contributed by atoms with E-state index in [1.165, 1.54) is 0 Å². The van der Waals surface area contributed by atoms with Crippen molar-refractivity contribution >= 4 is 5.95 Å². The molecule has 0 aliphatic rings. The minimum Gasteiger partial charge on any atom is -0.350 e. The molecule has 2 aromatic heterocycles. The lowest BCUT2D eigenvalue weighted by molar-refractivity contribution is 0.756. The third-order valence-corrected chi connectivity index (χ3v) is 2.12. The summed E-state index contributed by atoms with van der Waals surface area (Å²) < 4.78 is 1.80. The highest BCUT2D eigenvalue weighted by molar-refractivity contribution is 5.26. The van der Waals surface area contributed by atoms with Gasteiger partial charge in [0.05, 0.1) is 5.69 Å². The Labute approximate surface area is 88.2 Å². The Hall–Kier alpha value is -1.91. The number of nitrogens with one attached hydrogen (secondary N) is 1. The van der Waals surface area contributed by atoms with E-state index in [1.807, 2.05) is 20.2 Å². The Kier molecular flexibility index (Phi) is 2.62. The van der Waals surface area contributed by atoms with Gasteiger partial charge in [-0.2, -0.15) is 5.10 Å². The van der Waals surface area contributed by atoms with Crippen LogP contribution in [0.4, 0.5) is 5.95 Å². The van der Waals surface area contributed by atoms with Crippen molar-refractivity contribution in [3.63, 3.8) is 0 Å². The summed E-state index contributed by atoms with van der Waals surface area (Å²) in [5.41, 5.74) is 2.19. The maximum absolute atomic E-state index is 4.26. The summed E-state index contributed by atoms with van der Waals surface area (Å²) in [5.74, 6) is 0.640. The molecule has 0 aromatic carbocycles. The van der Waals surface area contributed by atoms with E-state index in [-0.39, 0.29) is 0 Å². The van der Waals surface area contributed by atoms with E-state index in [1.54, 1.807) is 23.1 Å². The Morgan fingerprint density at radius 3 is 2.67 bits per heavy atom. The average Bonchev–Trinajstić information content (AvgIpc) is 2.56. The molecule has 0 atom stereocenters. The van der Waals surface area contributed by atoms with Crippen LogP contribution in [0.1, 0.15) is 11.3 Å². The molecule has 0 radical (unpaired) electrons. The molecule has 0 amide bonds. The zero-order chi connectivity index (χ0) is 10.7. The molecule has 0 bridgehead atoms. The molecule has 0 unspecified atom stereocenters. The Morgan fingerprint density at radius 1 is 1.33 bits per heavy atom. The maximum Gasteiger partial charge on any atom is 0.222 e. The van der Waals surface area contributed by atoms with Crippen LogP contribution >= 0.6 is 0 Å². The van der Waals surface area contributed by atoms with Crippen molar-refractivity contribution in [2.24, 2.45) is 7.05 Å². The van der Waals surface area contributed by atoms with Crippen molar-refractivity contribution in [2.45, 2.75) is 13.5 Å². The highest BCUT2D eigenvalue weighted by atomic mass is 15.3. The molecule has 2 rings (SSSR count). The number of rotatable bonds is 3. The van der Waals surface area contributed by atoms with Crippen LogP contribution in [0.2, 0.25) is 0 Å². The predicted molar refractivity (Wildman–Crippen MR) is 57.3 cm³/mol. The van der Waals surface area contributed by atoms with E-state index in [0.29, 0.717) is 12.5 Å². The van der Waals surface area contributed by atoms with Gasteiger partial charge in [0.2, 0.25) is 5.95 Å². The van der Waals surface area contributed by atoms with Crippen LogP contribution < -0.4 is 5.32 Å². The van der Waals surface area contributed by atoms with E-state index < -0.39 is 0 Å². The third-order valence-electron chi connectivity index (χ3n) is 2.12. The molecule has 5 nitrogen and oxygen atoms in total. The summed E-state index contributed by atoms with van der Waals surface area (Å²) in [6.07, 6.45) is 5.42. The summed E-state index contributed by atoms with van der Waals surface area (Å²) in [6, 6.07) is 1.79. The fourth-order valence-corrected chi connectivity index (χ4v) is 1.39. The van der Waals surface area contributed by atoms with Crippen molar-refractivity contribution in [3.8, 4) is 0 Å². The van der Waals surface area contributed by atoms with Gasteiger partial charge in [-0.25, -0.2) is 9.97 Å². The fraction of sp³-hybridized carbons (Fsp3) is 0.300. The first kappa shape index (κ1) is 9.64. The summed E-state index contributed by atoms with van der Waals surface area (Å²) in [5, 5.41) is 7.40. The SMILES string of the molecule is Cc1nn(C)cc1CNc1ncccn1. The molecule has 2 aromatic rings. The van der Waals surface area contributed by atoms with E-state index >= 15 is 0 Å². The number of hydrogen-bond donors (Lipinski definition) is 1. The Bertz CT molecular complexity index is 434. The average molecular weight is 203 g/mol. The van der Waals surface area contributed by atoms with Gasteiger partial charge in [-0.05, 0) is 13.0 Å². The number of hydrogen-bond acceptors (Lipinski definition) is 4. The van der Waals surface area contributed by atoms with Crippen LogP contribution in [-0.4, -0.2) is 19.7 Å². The summed E-state index contributed by atoms with van der Waals surface area (Å²) >= 11 is 0. The number of aromatic nitrogens is 4. The summed E-state index contributed by atoms with van der Waals surface area (Å²) in [7, 11) is 1.91. The lowest BCUT2D eigenvalue weighted by Gasteiger charge is -2.01. The first-order chi connectivity index (χ1) is 7.25. The van der Waals surface area contributed by atoms with Crippen LogP contribution in [0.3, 0.4) is 0 Å². The third kappa shape index (κ3) is 2.31. The molecule has 78 valence electrons. The second kappa shape index (κ2) is 4.08. The quantitative estimate of drug-likeness (QED) is 0.812. The van der Waals surface area contributed by atoms with Crippen molar-refractivity contribution in [3.05, 3.63) is 35.9 Å². The van der Waals surface area contributed by atoms with Crippen LogP contribution in [-0.2, 0) is 13.6 Å². The maximum atomic E-state index is 4.26. The molecular weight excluding hydrogens is 190 g/mol. The lowest BCUT2D eigenvalue weighted by Crippen LogP contribution is -2.03. The second-order valence-corrected chi connectivity index (χ2v) is 3.34. The smallest absolute Gasteiger partial charge is 0.222 e. The first-order valence-corrected chi connectivity index (χ1v) is 4.76. The molecule has 0 saturated heterocycles. The summed E-state index contributed by atoms with van der Waals surface area (Å²) in [6.45, 7) is 2.69. The molecule has 5 heteroatoms. The van der Waals surface area contributed by atoms with Crippen molar-refractivity contribution in [1.82, 2.24) is 19.7 Å². The van der Waals surface area contributed by atoms with Gasteiger partial charge in [0.15, 0.2) is 0 Å². The van der Waals surface area contributed by atoms with E-state index in [9.17, 15) is 0 Å². The molecule has 0 aliphatic carbocycles. The second-order valence-electron chi connectivity index (χ2n) is 3.34. The van der Waals surface area contributed by atoms with Crippen LogP contribution in [0, 0.1) is 6.92 Å². The minimum absolute atomic E-state index is 0.640. The molecule has 15 heavy (non-hydrogen) atoms. The number of nitrogens with zero attached hydrogens (tertiary/aromatic N) is 4. The zero-order valence-corrected chi connectivity index (χ0v) is 8.81. The summed E-state index contributed by atoms with van der Waals surface area (Å²) in [4.78, 5) is 8.16. The molecule has 0 spiro atoms. The van der Waals surface area contributed by atoms with Crippen LogP contribution in [0.5, 0.6) is 0 Å². The Morgan fingerprint density at radius 2 is 2.07 bits per heavy atom. The standard InChI is InChI=1S/C10H13N5/c1-8-9(7-15(2)14-8)6-13-10-11-4-3-5-12-10/h3-5,7H,6H2,1-2H3,(H,11,12,13). The van der Waals surface area contributed by atoms with Crippen molar-refractivity contribution in [2.75, 3.05) is 5.32 Å². The van der Waals surface area contributed by atoms with E-state index in [0.717, 1.165) is 11.3 Å². The molecular formula is C10H13N5. The molecule has 1 N–H and O–H groups in total. The topological polar surface area (TPSA) is 55.6 Å². The van der Waals surface area contributed by atoms with Crippen molar-refractivity contribution in [1.29, 1.82) is 0 Å². The molecule has 0 aliphatic heterocycles.